The van der Waals surface area contributed by atoms with Crippen molar-refractivity contribution in [1.29, 1.82) is 0 Å². The van der Waals surface area contributed by atoms with Crippen LogP contribution in [0.5, 0.6) is 5.75 Å². The van der Waals surface area contributed by atoms with Gasteiger partial charge in [0.1, 0.15) is 18.0 Å². The Balaban J connectivity index is 1.25. The van der Waals surface area contributed by atoms with Crippen molar-refractivity contribution in [2.75, 3.05) is 19.7 Å². The van der Waals surface area contributed by atoms with E-state index in [1.807, 2.05) is 46.8 Å². The maximum Gasteiger partial charge on any atom is 0.410 e. The number of likely N-dealkylation sites (tertiary alicyclic amines) is 1. The van der Waals surface area contributed by atoms with Gasteiger partial charge >= 0.3 is 6.09 Å². The summed E-state index contributed by atoms with van der Waals surface area (Å²) in [6.45, 7) is 11.2. The Morgan fingerprint density at radius 2 is 1.70 bits per heavy atom. The molecule has 6 heteroatoms. The van der Waals surface area contributed by atoms with Crippen molar-refractivity contribution in [3.63, 3.8) is 0 Å². The van der Waals surface area contributed by atoms with E-state index in [1.54, 1.807) is 4.90 Å². The number of rotatable bonds is 6. The van der Waals surface area contributed by atoms with Crippen molar-refractivity contribution in [2.24, 2.45) is 17.8 Å². The largest absolute Gasteiger partial charge is 0.491 e. The van der Waals surface area contributed by atoms with Gasteiger partial charge in [0.25, 0.3) is 0 Å². The number of fused-ring (bicyclic) bond motifs is 1. The van der Waals surface area contributed by atoms with Gasteiger partial charge in [-0.3, -0.25) is 4.79 Å². The van der Waals surface area contributed by atoms with E-state index in [4.69, 9.17) is 9.47 Å². The first-order valence-corrected chi connectivity index (χ1v) is 11.1. The molecule has 2 aliphatic carbocycles. The zero-order valence-electron chi connectivity index (χ0n) is 18.7. The van der Waals surface area contributed by atoms with Crippen molar-refractivity contribution in [3.05, 3.63) is 29.8 Å². The summed E-state index contributed by atoms with van der Waals surface area (Å²) >= 11 is 0. The van der Waals surface area contributed by atoms with Crippen LogP contribution in [-0.2, 0) is 9.53 Å². The summed E-state index contributed by atoms with van der Waals surface area (Å²) in [5.41, 5.74) is 0.316. The second-order valence-electron chi connectivity index (χ2n) is 10.7. The summed E-state index contributed by atoms with van der Waals surface area (Å²) in [7, 11) is 0. The number of nitrogens with one attached hydrogen (secondary N) is 1. The van der Waals surface area contributed by atoms with Crippen LogP contribution < -0.4 is 10.1 Å². The number of amides is 2. The molecule has 30 heavy (non-hydrogen) atoms. The minimum atomic E-state index is -0.497. The molecule has 0 spiro atoms. The molecule has 1 aliphatic heterocycles. The number of nitrogens with zero attached hydrogens (tertiary/aromatic N) is 1. The minimum absolute atomic E-state index is 0.0123. The number of benzene rings is 1. The molecule has 164 valence electrons. The van der Waals surface area contributed by atoms with Gasteiger partial charge in [-0.15, -0.1) is 0 Å². The Labute approximate surface area is 179 Å². The first-order valence-electron chi connectivity index (χ1n) is 11.1. The third kappa shape index (κ3) is 4.73. The Hall–Kier alpha value is -2.24. The van der Waals surface area contributed by atoms with E-state index in [0.717, 1.165) is 5.75 Å². The number of hydrogen-bond acceptors (Lipinski definition) is 4. The monoisotopic (exact) mass is 414 g/mol. The van der Waals surface area contributed by atoms with Crippen LogP contribution >= 0.6 is 0 Å². The van der Waals surface area contributed by atoms with Crippen molar-refractivity contribution in [2.45, 2.75) is 64.5 Å². The van der Waals surface area contributed by atoms with E-state index in [-0.39, 0.29) is 29.8 Å². The molecule has 0 aromatic heterocycles. The lowest BCUT2D eigenvalue weighted by Crippen LogP contribution is -2.49. The van der Waals surface area contributed by atoms with Gasteiger partial charge in [0, 0.05) is 19.0 Å². The lowest BCUT2D eigenvalue weighted by atomic mass is 10.1. The van der Waals surface area contributed by atoms with Crippen molar-refractivity contribution < 1.29 is 19.1 Å². The van der Waals surface area contributed by atoms with Crippen molar-refractivity contribution in [1.82, 2.24) is 10.2 Å². The highest BCUT2D eigenvalue weighted by atomic mass is 16.6. The van der Waals surface area contributed by atoms with E-state index < -0.39 is 11.1 Å². The molecule has 0 radical (unpaired) electrons. The summed E-state index contributed by atoms with van der Waals surface area (Å²) in [6, 6.07) is 8.21. The molecule has 0 bridgehead atoms. The predicted octanol–water partition coefficient (Wildman–Crippen LogP) is 3.95. The summed E-state index contributed by atoms with van der Waals surface area (Å²) < 4.78 is 11.6. The van der Waals surface area contributed by atoms with E-state index in [9.17, 15) is 9.59 Å². The maximum atomic E-state index is 12.8. The van der Waals surface area contributed by atoms with Gasteiger partial charge in [-0.25, -0.2) is 4.79 Å². The van der Waals surface area contributed by atoms with Gasteiger partial charge < -0.3 is 19.7 Å². The fraction of sp³-hybridized carbons (Fsp3) is 0.667. The van der Waals surface area contributed by atoms with Crippen LogP contribution in [0, 0.1) is 17.8 Å². The third-order valence-corrected chi connectivity index (χ3v) is 6.13. The average Bonchev–Trinajstić information content (AvgIpc) is 3.56. The molecule has 1 N–H and O–H groups in total. The van der Waals surface area contributed by atoms with Gasteiger partial charge in [0.15, 0.2) is 0 Å². The van der Waals surface area contributed by atoms with E-state index in [2.05, 4.69) is 17.4 Å². The fourth-order valence-electron chi connectivity index (χ4n) is 4.45. The summed E-state index contributed by atoms with van der Waals surface area (Å²) in [5, 5.41) is 3.17. The molecule has 1 heterocycles. The molecule has 3 aliphatic rings. The quantitative estimate of drug-likeness (QED) is 0.765. The molecule has 3 fully saturated rings. The first kappa shape index (κ1) is 21.0. The Morgan fingerprint density at radius 3 is 2.30 bits per heavy atom. The smallest absolute Gasteiger partial charge is 0.410 e. The number of carbonyl (C=O) groups excluding carboxylic acids is 2. The number of para-hydroxylation sites is 1. The summed E-state index contributed by atoms with van der Waals surface area (Å²) in [6.07, 6.45) is 2.17. The number of carbonyl (C=O) groups is 2. The van der Waals surface area contributed by atoms with Crippen LogP contribution in [0.2, 0.25) is 0 Å². The second kappa shape index (κ2) is 7.47. The number of ether oxygens (including phenoxy) is 2. The zero-order valence-corrected chi connectivity index (χ0v) is 18.7. The summed E-state index contributed by atoms with van der Waals surface area (Å²) in [5.74, 6) is 2.09. The van der Waals surface area contributed by atoms with E-state index in [1.165, 1.54) is 18.4 Å². The Morgan fingerprint density at radius 1 is 1.07 bits per heavy atom. The molecular formula is C24H34N2O4. The van der Waals surface area contributed by atoms with Crippen LogP contribution in [0.3, 0.4) is 0 Å². The first-order chi connectivity index (χ1) is 14.0. The topological polar surface area (TPSA) is 67.9 Å². The number of hydrogen-bond donors (Lipinski definition) is 1. The average molecular weight is 415 g/mol. The standard InChI is InChI=1S/C24H34N2O4/c1-23(2,3)30-22(28)26-12-17-18(13-26)20(17)21(27)25-24(4,5)14-29-19-9-7-6-8-16(19)15-10-11-15/h6-9,15,17-18,20H,10-14H2,1-5H3,(H,25,27). The van der Waals surface area contributed by atoms with Gasteiger partial charge in [0.05, 0.1) is 5.54 Å². The van der Waals surface area contributed by atoms with Crippen molar-refractivity contribution >= 4 is 12.0 Å². The fourth-order valence-corrected chi connectivity index (χ4v) is 4.45. The minimum Gasteiger partial charge on any atom is -0.491 e. The molecule has 6 nitrogen and oxygen atoms in total. The molecule has 1 aromatic carbocycles. The third-order valence-electron chi connectivity index (χ3n) is 6.13. The van der Waals surface area contributed by atoms with Crippen LogP contribution in [-0.4, -0.2) is 47.7 Å². The maximum absolute atomic E-state index is 12.8. The molecule has 2 saturated carbocycles. The molecule has 1 aromatic rings. The predicted molar refractivity (Wildman–Crippen MR) is 114 cm³/mol. The van der Waals surface area contributed by atoms with Gasteiger partial charge in [0.2, 0.25) is 5.91 Å². The van der Waals surface area contributed by atoms with E-state index >= 15 is 0 Å². The molecule has 4 rings (SSSR count). The SMILES string of the molecule is CC(C)(COc1ccccc1C1CC1)NC(=O)C1C2CN(C(=O)OC(C)(C)C)CC21. The molecule has 2 unspecified atom stereocenters. The highest BCUT2D eigenvalue weighted by Gasteiger charge is 2.61. The zero-order chi connectivity index (χ0) is 21.7. The lowest BCUT2D eigenvalue weighted by molar-refractivity contribution is -0.125. The molecule has 2 atom stereocenters. The van der Waals surface area contributed by atoms with Crippen LogP contribution in [0.1, 0.15) is 58.9 Å². The van der Waals surface area contributed by atoms with Gasteiger partial charge in [-0.05, 0) is 76.8 Å². The summed E-state index contributed by atoms with van der Waals surface area (Å²) in [4.78, 5) is 26.8. The van der Waals surface area contributed by atoms with E-state index in [0.29, 0.717) is 25.6 Å². The Bertz CT molecular complexity index is 813. The number of piperidine rings is 1. The van der Waals surface area contributed by atoms with Crippen LogP contribution in [0.4, 0.5) is 4.79 Å². The van der Waals surface area contributed by atoms with Crippen molar-refractivity contribution in [3.8, 4) is 5.75 Å². The molecular weight excluding hydrogens is 380 g/mol. The second-order valence-corrected chi connectivity index (χ2v) is 10.7. The van der Waals surface area contributed by atoms with Crippen LogP contribution in [0.15, 0.2) is 24.3 Å². The lowest BCUT2D eigenvalue weighted by Gasteiger charge is -2.28. The van der Waals surface area contributed by atoms with Crippen LogP contribution in [0.25, 0.3) is 0 Å². The van der Waals surface area contributed by atoms with Gasteiger partial charge in [-0.2, -0.15) is 0 Å². The Kier molecular flexibility index (Phi) is 5.23. The molecule has 2 amide bonds. The van der Waals surface area contributed by atoms with Gasteiger partial charge in [-0.1, -0.05) is 18.2 Å². The highest BCUT2D eigenvalue weighted by molar-refractivity contribution is 5.84. The molecule has 1 saturated heterocycles. The highest BCUT2D eigenvalue weighted by Crippen LogP contribution is 2.52. The normalized spacial score (nSPS) is 25.5.